The summed E-state index contributed by atoms with van der Waals surface area (Å²) in [6, 6.07) is 16.9. The van der Waals surface area contributed by atoms with Crippen molar-refractivity contribution in [2.24, 2.45) is 5.92 Å². The number of aromatic nitrogens is 4. The van der Waals surface area contributed by atoms with E-state index in [1.54, 1.807) is 0 Å². The van der Waals surface area contributed by atoms with Crippen molar-refractivity contribution in [1.29, 1.82) is 0 Å². The smallest absolute Gasteiger partial charge is 0.243 e. The molecular weight excluding hydrogens is 368 g/mol. The molecule has 1 aromatic heterocycles. The Morgan fingerprint density at radius 3 is 2.66 bits per heavy atom. The van der Waals surface area contributed by atoms with Gasteiger partial charge in [-0.15, -0.1) is 10.2 Å². The van der Waals surface area contributed by atoms with E-state index in [1.807, 2.05) is 68.4 Å². The molecule has 0 aliphatic carbocycles. The van der Waals surface area contributed by atoms with Crippen molar-refractivity contribution in [3.63, 3.8) is 0 Å². The molecule has 1 atom stereocenters. The summed E-state index contributed by atoms with van der Waals surface area (Å²) < 4.78 is 0. The maximum Gasteiger partial charge on any atom is 0.243 e. The molecule has 1 unspecified atom stereocenters. The van der Waals surface area contributed by atoms with E-state index in [-0.39, 0.29) is 24.3 Å². The predicted molar refractivity (Wildman–Crippen MR) is 110 cm³/mol. The molecule has 0 aliphatic rings. The Morgan fingerprint density at radius 1 is 1.10 bits per heavy atom. The van der Waals surface area contributed by atoms with Crippen LogP contribution in [0.5, 0.6) is 0 Å². The van der Waals surface area contributed by atoms with Crippen molar-refractivity contribution in [3.05, 3.63) is 60.2 Å². The van der Waals surface area contributed by atoms with Crippen molar-refractivity contribution in [2.75, 3.05) is 5.32 Å². The number of carbonyl (C=O) groups is 2. The number of tetrazole rings is 1. The van der Waals surface area contributed by atoms with E-state index in [4.69, 9.17) is 0 Å². The third-order valence-corrected chi connectivity index (χ3v) is 4.51. The van der Waals surface area contributed by atoms with Crippen molar-refractivity contribution in [2.45, 2.75) is 33.4 Å². The molecule has 2 aromatic carbocycles. The second-order valence-corrected chi connectivity index (χ2v) is 6.79. The monoisotopic (exact) mass is 392 g/mol. The lowest BCUT2D eigenvalue weighted by atomic mass is 10.1. The SMILES string of the molecule is CCC(C)C(=O)Nc1cccc(CNC(=O)Cn2nnc(-c3ccccc3)n2)c1. The van der Waals surface area contributed by atoms with E-state index < -0.39 is 0 Å². The second-order valence-electron chi connectivity index (χ2n) is 6.79. The first kappa shape index (κ1) is 20.2. The number of benzene rings is 2. The minimum absolute atomic E-state index is 0.0137. The first-order valence-electron chi connectivity index (χ1n) is 9.55. The summed E-state index contributed by atoms with van der Waals surface area (Å²) in [5.74, 6) is 0.189. The second kappa shape index (κ2) is 9.59. The molecule has 8 heteroatoms. The maximum atomic E-state index is 12.2. The molecule has 3 aromatic rings. The zero-order chi connectivity index (χ0) is 20.6. The third kappa shape index (κ3) is 5.71. The summed E-state index contributed by atoms with van der Waals surface area (Å²) in [4.78, 5) is 25.5. The van der Waals surface area contributed by atoms with Gasteiger partial charge in [-0.2, -0.15) is 4.80 Å². The fourth-order valence-electron chi connectivity index (χ4n) is 2.61. The molecule has 0 saturated heterocycles. The van der Waals surface area contributed by atoms with Gasteiger partial charge in [0.05, 0.1) is 0 Å². The molecule has 0 radical (unpaired) electrons. The quantitative estimate of drug-likeness (QED) is 0.614. The molecule has 3 rings (SSSR count). The van der Waals surface area contributed by atoms with Gasteiger partial charge in [-0.1, -0.05) is 56.3 Å². The Balaban J connectivity index is 1.53. The zero-order valence-corrected chi connectivity index (χ0v) is 16.5. The molecule has 1 heterocycles. The highest BCUT2D eigenvalue weighted by Gasteiger charge is 2.11. The van der Waals surface area contributed by atoms with Gasteiger partial charge in [0.15, 0.2) is 0 Å². The van der Waals surface area contributed by atoms with Crippen LogP contribution in [0, 0.1) is 5.92 Å². The summed E-state index contributed by atoms with van der Waals surface area (Å²) in [5.41, 5.74) is 2.44. The van der Waals surface area contributed by atoms with Crippen LogP contribution in [0.2, 0.25) is 0 Å². The van der Waals surface area contributed by atoms with Crippen LogP contribution in [-0.2, 0) is 22.7 Å². The van der Waals surface area contributed by atoms with Crippen LogP contribution in [0.15, 0.2) is 54.6 Å². The van der Waals surface area contributed by atoms with Gasteiger partial charge in [-0.3, -0.25) is 9.59 Å². The number of anilines is 1. The van der Waals surface area contributed by atoms with E-state index in [0.717, 1.165) is 17.5 Å². The Labute approximate surface area is 169 Å². The van der Waals surface area contributed by atoms with Gasteiger partial charge >= 0.3 is 0 Å². The van der Waals surface area contributed by atoms with Gasteiger partial charge < -0.3 is 10.6 Å². The highest BCUT2D eigenvalue weighted by atomic mass is 16.2. The van der Waals surface area contributed by atoms with Crippen LogP contribution in [0.4, 0.5) is 5.69 Å². The highest BCUT2D eigenvalue weighted by molar-refractivity contribution is 5.92. The number of nitrogens with one attached hydrogen (secondary N) is 2. The molecule has 150 valence electrons. The lowest BCUT2D eigenvalue weighted by Gasteiger charge is -2.11. The van der Waals surface area contributed by atoms with Gasteiger partial charge in [0.1, 0.15) is 6.54 Å². The van der Waals surface area contributed by atoms with E-state index in [2.05, 4.69) is 26.0 Å². The Morgan fingerprint density at radius 2 is 1.90 bits per heavy atom. The number of carbonyl (C=O) groups excluding carboxylic acids is 2. The summed E-state index contributed by atoms with van der Waals surface area (Å²) in [5, 5.41) is 17.9. The van der Waals surface area contributed by atoms with E-state index in [9.17, 15) is 9.59 Å². The minimum atomic E-state index is -0.226. The number of amides is 2. The molecule has 0 spiro atoms. The van der Waals surface area contributed by atoms with Crippen molar-refractivity contribution < 1.29 is 9.59 Å². The molecule has 0 bridgehead atoms. The lowest BCUT2D eigenvalue weighted by Crippen LogP contribution is -2.28. The Hall–Kier alpha value is -3.55. The fraction of sp³-hybridized carbons (Fsp3) is 0.286. The first-order valence-corrected chi connectivity index (χ1v) is 9.55. The largest absolute Gasteiger partial charge is 0.350 e. The Bertz CT molecular complexity index is 970. The normalized spacial score (nSPS) is 11.7. The van der Waals surface area contributed by atoms with Crippen LogP contribution < -0.4 is 10.6 Å². The molecule has 2 amide bonds. The van der Waals surface area contributed by atoms with Crippen LogP contribution in [-0.4, -0.2) is 32.0 Å². The summed E-state index contributed by atoms with van der Waals surface area (Å²) in [6.45, 7) is 4.18. The van der Waals surface area contributed by atoms with Gasteiger partial charge in [-0.05, 0) is 29.3 Å². The number of hydrogen-bond acceptors (Lipinski definition) is 5. The molecular formula is C21H24N6O2. The summed E-state index contributed by atoms with van der Waals surface area (Å²) >= 11 is 0. The van der Waals surface area contributed by atoms with Crippen LogP contribution in [0.25, 0.3) is 11.4 Å². The fourth-order valence-corrected chi connectivity index (χ4v) is 2.61. The van der Waals surface area contributed by atoms with Crippen molar-refractivity contribution >= 4 is 17.5 Å². The minimum Gasteiger partial charge on any atom is -0.350 e. The Kier molecular flexibility index (Phi) is 6.67. The summed E-state index contributed by atoms with van der Waals surface area (Å²) in [7, 11) is 0. The number of hydrogen-bond donors (Lipinski definition) is 2. The van der Waals surface area contributed by atoms with Gasteiger partial charge in [-0.25, -0.2) is 0 Å². The van der Waals surface area contributed by atoms with E-state index in [0.29, 0.717) is 18.1 Å². The highest BCUT2D eigenvalue weighted by Crippen LogP contribution is 2.13. The number of rotatable bonds is 8. The molecule has 2 N–H and O–H groups in total. The van der Waals surface area contributed by atoms with Gasteiger partial charge in [0.2, 0.25) is 17.6 Å². The van der Waals surface area contributed by atoms with Crippen LogP contribution >= 0.6 is 0 Å². The average molecular weight is 392 g/mol. The topological polar surface area (TPSA) is 102 Å². The van der Waals surface area contributed by atoms with Crippen LogP contribution in [0.3, 0.4) is 0 Å². The van der Waals surface area contributed by atoms with E-state index in [1.165, 1.54) is 4.80 Å². The van der Waals surface area contributed by atoms with Gasteiger partial charge in [0.25, 0.3) is 0 Å². The van der Waals surface area contributed by atoms with Crippen molar-refractivity contribution in [3.8, 4) is 11.4 Å². The molecule has 0 aliphatic heterocycles. The zero-order valence-electron chi connectivity index (χ0n) is 16.5. The molecule has 29 heavy (non-hydrogen) atoms. The molecule has 0 fully saturated rings. The number of nitrogens with zero attached hydrogens (tertiary/aromatic N) is 4. The average Bonchev–Trinajstić information content (AvgIpc) is 3.21. The third-order valence-electron chi connectivity index (χ3n) is 4.51. The van der Waals surface area contributed by atoms with Gasteiger partial charge in [0, 0.05) is 23.7 Å². The maximum absolute atomic E-state index is 12.2. The predicted octanol–water partition coefficient (Wildman–Crippen LogP) is 2.64. The van der Waals surface area contributed by atoms with Crippen LogP contribution in [0.1, 0.15) is 25.8 Å². The van der Waals surface area contributed by atoms with E-state index >= 15 is 0 Å². The lowest BCUT2D eigenvalue weighted by molar-refractivity contribution is -0.122. The standard InChI is InChI=1S/C21H24N6O2/c1-3-15(2)21(29)23-18-11-7-8-16(12-18)13-22-19(28)14-27-25-20(24-26-27)17-9-5-4-6-10-17/h4-12,15H,3,13-14H2,1-2H3,(H,22,28)(H,23,29). The van der Waals surface area contributed by atoms with Crippen molar-refractivity contribution in [1.82, 2.24) is 25.5 Å². The summed E-state index contributed by atoms with van der Waals surface area (Å²) in [6.07, 6.45) is 0.782. The first-order chi connectivity index (χ1) is 14.0. The molecule has 0 saturated carbocycles. The molecule has 8 nitrogen and oxygen atoms in total.